The molecule has 2 aromatic rings. The molecule has 1 aliphatic heterocycles. The van der Waals surface area contributed by atoms with Gasteiger partial charge >= 0.3 is 6.09 Å². The van der Waals surface area contributed by atoms with Gasteiger partial charge in [0.15, 0.2) is 6.10 Å². The number of carbonyl (C=O) groups excluding carboxylic acids is 2. The Bertz CT molecular complexity index is 917. The van der Waals surface area contributed by atoms with E-state index in [0.717, 1.165) is 12.1 Å². The van der Waals surface area contributed by atoms with Crippen molar-refractivity contribution in [3.8, 4) is 11.3 Å². The number of benzene rings is 1. The molecule has 10 heteroatoms. The molecule has 1 aromatic heterocycles. The van der Waals surface area contributed by atoms with Crippen molar-refractivity contribution in [2.75, 3.05) is 13.6 Å². The third-order valence-corrected chi connectivity index (χ3v) is 4.20. The molecule has 1 saturated heterocycles. The summed E-state index contributed by atoms with van der Waals surface area (Å²) in [5.41, 5.74) is 0.132. The van der Waals surface area contributed by atoms with E-state index in [9.17, 15) is 22.8 Å². The van der Waals surface area contributed by atoms with Crippen LogP contribution in [0.1, 0.15) is 18.2 Å². The molecule has 1 aromatic carbocycles. The van der Waals surface area contributed by atoms with Crippen LogP contribution in [-0.4, -0.2) is 46.6 Å². The van der Waals surface area contributed by atoms with Crippen molar-refractivity contribution in [3.63, 3.8) is 0 Å². The highest BCUT2D eigenvalue weighted by molar-refractivity contribution is 5.86. The third kappa shape index (κ3) is 4.05. The summed E-state index contributed by atoms with van der Waals surface area (Å²) in [5, 5.41) is 2.40. The zero-order chi connectivity index (χ0) is 20.5. The molecule has 1 N–H and O–H groups in total. The molecule has 1 aliphatic rings. The fourth-order valence-electron chi connectivity index (χ4n) is 2.77. The van der Waals surface area contributed by atoms with Crippen LogP contribution in [0.5, 0.6) is 0 Å². The van der Waals surface area contributed by atoms with Crippen LogP contribution in [0.3, 0.4) is 0 Å². The average Bonchev–Trinajstić information content (AvgIpc) is 3.01. The van der Waals surface area contributed by atoms with Gasteiger partial charge in [-0.1, -0.05) is 0 Å². The molecule has 0 unspecified atom stereocenters. The molecule has 0 radical (unpaired) electrons. The van der Waals surface area contributed by atoms with Crippen LogP contribution in [0.15, 0.2) is 30.6 Å². The number of nitrogens with one attached hydrogen (secondary N) is 1. The second-order valence-electron chi connectivity index (χ2n) is 6.35. The topological polar surface area (TPSA) is 84.4 Å². The minimum atomic E-state index is -3.35. The number of cyclic esters (lactones) is 1. The van der Waals surface area contributed by atoms with E-state index in [-0.39, 0.29) is 24.3 Å². The maximum atomic E-state index is 13.7. The Labute approximate surface area is 158 Å². The van der Waals surface area contributed by atoms with Crippen LogP contribution in [0.2, 0.25) is 0 Å². The van der Waals surface area contributed by atoms with Gasteiger partial charge in [0.1, 0.15) is 5.82 Å². The molecule has 0 aliphatic carbocycles. The van der Waals surface area contributed by atoms with E-state index in [4.69, 9.17) is 4.74 Å². The van der Waals surface area contributed by atoms with Gasteiger partial charge in [0, 0.05) is 19.5 Å². The van der Waals surface area contributed by atoms with Crippen molar-refractivity contribution in [2.24, 2.45) is 0 Å². The summed E-state index contributed by atoms with van der Waals surface area (Å²) in [6.07, 6.45) is 1.17. The number of hydrogen-bond acceptors (Lipinski definition) is 5. The second kappa shape index (κ2) is 7.45. The lowest BCUT2D eigenvalue weighted by Gasteiger charge is -2.14. The number of halogens is 3. The Morgan fingerprint density at radius 2 is 2.14 bits per heavy atom. The van der Waals surface area contributed by atoms with E-state index in [1.165, 1.54) is 30.4 Å². The molecular formula is C18H17F3N4O3. The number of amides is 2. The molecule has 0 spiro atoms. The monoisotopic (exact) mass is 394 g/mol. The molecule has 3 rings (SSSR count). The maximum absolute atomic E-state index is 13.7. The SMILES string of the molecule is CNC(=O)[C@H]1CN(Cc2cncc(-c3ccc(F)c(C(C)(F)F)c3)n2)C(=O)O1. The largest absolute Gasteiger partial charge is 0.434 e. The minimum Gasteiger partial charge on any atom is -0.434 e. The van der Waals surface area contributed by atoms with Gasteiger partial charge in [-0.3, -0.25) is 14.7 Å². The van der Waals surface area contributed by atoms with Crippen LogP contribution >= 0.6 is 0 Å². The van der Waals surface area contributed by atoms with E-state index in [1.807, 2.05) is 0 Å². The predicted octanol–water partition coefficient (Wildman–Crippen LogP) is 2.46. The Hall–Kier alpha value is -3.17. The molecule has 7 nitrogen and oxygen atoms in total. The van der Waals surface area contributed by atoms with E-state index in [2.05, 4.69) is 15.3 Å². The first-order valence-corrected chi connectivity index (χ1v) is 8.35. The molecule has 2 amide bonds. The summed E-state index contributed by atoms with van der Waals surface area (Å²) in [4.78, 5) is 33.1. The molecule has 28 heavy (non-hydrogen) atoms. The van der Waals surface area contributed by atoms with Crippen molar-refractivity contribution < 1.29 is 27.5 Å². The first-order chi connectivity index (χ1) is 13.2. The van der Waals surface area contributed by atoms with Crippen LogP contribution in [0.25, 0.3) is 11.3 Å². The molecule has 1 fully saturated rings. The summed E-state index contributed by atoms with van der Waals surface area (Å²) in [7, 11) is 1.44. The third-order valence-electron chi connectivity index (χ3n) is 4.20. The summed E-state index contributed by atoms with van der Waals surface area (Å²) >= 11 is 0. The van der Waals surface area contributed by atoms with Gasteiger partial charge in [0.05, 0.1) is 42.4 Å². The minimum absolute atomic E-state index is 0.0190. The highest BCUT2D eigenvalue weighted by atomic mass is 19.3. The average molecular weight is 394 g/mol. The summed E-state index contributed by atoms with van der Waals surface area (Å²) in [6.45, 7) is 0.678. The smallest absolute Gasteiger partial charge is 0.411 e. The number of alkyl halides is 2. The van der Waals surface area contributed by atoms with Crippen molar-refractivity contribution in [3.05, 3.63) is 47.7 Å². The van der Waals surface area contributed by atoms with Gasteiger partial charge in [-0.15, -0.1) is 0 Å². The van der Waals surface area contributed by atoms with Crippen molar-refractivity contribution in [2.45, 2.75) is 25.5 Å². The maximum Gasteiger partial charge on any atom is 0.411 e. The fourth-order valence-corrected chi connectivity index (χ4v) is 2.77. The number of hydrogen-bond donors (Lipinski definition) is 1. The number of ether oxygens (including phenoxy) is 1. The molecule has 1 atom stereocenters. The molecule has 0 bridgehead atoms. The van der Waals surface area contributed by atoms with Gasteiger partial charge in [0.25, 0.3) is 11.8 Å². The van der Waals surface area contributed by atoms with E-state index >= 15 is 0 Å². The van der Waals surface area contributed by atoms with Gasteiger partial charge < -0.3 is 10.1 Å². The normalized spacial score (nSPS) is 16.8. The highest BCUT2D eigenvalue weighted by Gasteiger charge is 2.35. The highest BCUT2D eigenvalue weighted by Crippen LogP contribution is 2.32. The summed E-state index contributed by atoms with van der Waals surface area (Å²) in [5.74, 6) is -4.78. The van der Waals surface area contributed by atoms with Crippen LogP contribution in [-0.2, 0) is 22.0 Å². The lowest BCUT2D eigenvalue weighted by Crippen LogP contribution is -2.35. The number of aromatic nitrogens is 2. The van der Waals surface area contributed by atoms with Crippen molar-refractivity contribution >= 4 is 12.0 Å². The first-order valence-electron chi connectivity index (χ1n) is 8.35. The quantitative estimate of drug-likeness (QED) is 0.842. The second-order valence-corrected chi connectivity index (χ2v) is 6.35. The molecule has 0 saturated carbocycles. The first kappa shape index (κ1) is 19.6. The Kier molecular flexibility index (Phi) is 5.21. The van der Waals surface area contributed by atoms with Crippen molar-refractivity contribution in [1.29, 1.82) is 0 Å². The Morgan fingerprint density at radius 3 is 2.82 bits per heavy atom. The molecular weight excluding hydrogens is 377 g/mol. The number of nitrogens with zero attached hydrogens (tertiary/aromatic N) is 3. The van der Waals surface area contributed by atoms with Crippen LogP contribution in [0.4, 0.5) is 18.0 Å². The van der Waals surface area contributed by atoms with E-state index in [0.29, 0.717) is 12.6 Å². The lowest BCUT2D eigenvalue weighted by molar-refractivity contribution is -0.127. The van der Waals surface area contributed by atoms with Gasteiger partial charge in [-0.25, -0.2) is 22.9 Å². The van der Waals surface area contributed by atoms with Crippen molar-refractivity contribution in [1.82, 2.24) is 20.2 Å². The Morgan fingerprint density at radius 1 is 1.39 bits per heavy atom. The summed E-state index contributed by atoms with van der Waals surface area (Å²) in [6, 6.07) is 3.29. The number of rotatable bonds is 5. The lowest BCUT2D eigenvalue weighted by atomic mass is 10.0. The predicted molar refractivity (Wildman–Crippen MR) is 91.7 cm³/mol. The summed E-state index contributed by atoms with van der Waals surface area (Å²) < 4.78 is 45.8. The van der Waals surface area contributed by atoms with Gasteiger partial charge in [-0.2, -0.15) is 0 Å². The molecule has 2 heterocycles. The zero-order valence-corrected chi connectivity index (χ0v) is 15.1. The number of likely N-dealkylation sites (N-methyl/N-ethyl adjacent to an activating group) is 1. The van der Waals surface area contributed by atoms with Gasteiger partial charge in [-0.05, 0) is 18.2 Å². The van der Waals surface area contributed by atoms with E-state index < -0.39 is 35.4 Å². The van der Waals surface area contributed by atoms with Gasteiger partial charge in [0.2, 0.25) is 0 Å². The standard InChI is InChI=1S/C18H17F3N4O3/c1-18(20,21)12-5-10(3-4-13(12)19)14-7-23-6-11(24-14)8-25-9-15(16(26)22-2)28-17(25)27/h3-7,15H,8-9H2,1-2H3,(H,22,26)/t15-/m1/s1. The van der Waals surface area contributed by atoms with Crippen LogP contribution in [0, 0.1) is 5.82 Å². The zero-order valence-electron chi connectivity index (χ0n) is 15.1. The molecule has 148 valence electrons. The Balaban J connectivity index is 1.82. The van der Waals surface area contributed by atoms with E-state index in [1.54, 1.807) is 0 Å². The number of carbonyl (C=O) groups is 2. The van der Waals surface area contributed by atoms with Crippen LogP contribution < -0.4 is 5.32 Å². The fraction of sp³-hybridized carbons (Fsp3) is 0.333.